The number of rotatable bonds is 11. The number of carbonyl (C=O) groups excluding carboxylic acids is 1. The van der Waals surface area contributed by atoms with E-state index in [4.69, 9.17) is 18.9 Å². The number of hydrogen-bond acceptors (Lipinski definition) is 5. The lowest BCUT2D eigenvalue weighted by Crippen LogP contribution is -2.24. The summed E-state index contributed by atoms with van der Waals surface area (Å²) < 4.78 is 22.2. The van der Waals surface area contributed by atoms with E-state index in [-0.39, 0.29) is 12.1 Å². The van der Waals surface area contributed by atoms with Crippen LogP contribution in [0.3, 0.4) is 0 Å². The van der Waals surface area contributed by atoms with E-state index in [1.165, 1.54) is 0 Å². The number of carbonyl (C=O) groups is 1. The van der Waals surface area contributed by atoms with Crippen molar-refractivity contribution in [3.05, 3.63) is 53.3 Å². The molecule has 5 heteroatoms. The van der Waals surface area contributed by atoms with Gasteiger partial charge in [-0.2, -0.15) is 0 Å². The maximum atomic E-state index is 11.8. The fourth-order valence-electron chi connectivity index (χ4n) is 3.06. The summed E-state index contributed by atoms with van der Waals surface area (Å²) >= 11 is 0. The maximum Gasteiger partial charge on any atom is 0.331 e. The van der Waals surface area contributed by atoms with Crippen molar-refractivity contribution in [1.29, 1.82) is 0 Å². The first-order valence-electron chi connectivity index (χ1n) is 10.1. The summed E-state index contributed by atoms with van der Waals surface area (Å²) in [7, 11) is 1.65. The monoisotopic (exact) mass is 388 g/mol. The van der Waals surface area contributed by atoms with Gasteiger partial charge in [0.2, 0.25) is 0 Å². The second-order valence-electron chi connectivity index (χ2n) is 6.85. The first kappa shape index (κ1) is 22.0. The summed E-state index contributed by atoms with van der Waals surface area (Å²) in [4.78, 5) is 11.8. The molecule has 28 heavy (non-hydrogen) atoms. The zero-order valence-corrected chi connectivity index (χ0v) is 17.2. The summed E-state index contributed by atoms with van der Waals surface area (Å²) in [6.45, 7) is 5.34. The third kappa shape index (κ3) is 7.77. The molecule has 1 atom stereocenters. The molecular weight excluding hydrogens is 356 g/mol. The summed E-state index contributed by atoms with van der Waals surface area (Å²) in [5, 5.41) is 0. The van der Waals surface area contributed by atoms with E-state index in [1.54, 1.807) is 13.2 Å². The van der Waals surface area contributed by atoms with Crippen LogP contribution in [0.25, 0.3) is 0 Å². The molecule has 1 unspecified atom stereocenters. The third-order valence-electron chi connectivity index (χ3n) is 4.48. The van der Waals surface area contributed by atoms with Gasteiger partial charge in [-0.05, 0) is 42.7 Å². The zero-order valence-electron chi connectivity index (χ0n) is 17.2. The molecule has 0 bridgehead atoms. The second kappa shape index (κ2) is 12.2. The van der Waals surface area contributed by atoms with Crippen molar-refractivity contribution in [2.45, 2.75) is 58.7 Å². The van der Waals surface area contributed by atoms with E-state index in [9.17, 15) is 4.79 Å². The quantitative estimate of drug-likeness (QED) is 0.305. The summed E-state index contributed by atoms with van der Waals surface area (Å²) in [5.41, 5.74) is 2.02. The molecule has 0 saturated carbocycles. The van der Waals surface area contributed by atoms with Crippen molar-refractivity contribution < 1.29 is 23.7 Å². The van der Waals surface area contributed by atoms with Crippen LogP contribution in [0, 0.1) is 0 Å². The number of unbranched alkanes of at least 4 members (excludes halogenated alkanes) is 2. The molecule has 0 aliphatic carbocycles. The molecule has 0 amide bonds. The molecule has 0 saturated heterocycles. The lowest BCUT2D eigenvalue weighted by atomic mass is 10.0. The van der Waals surface area contributed by atoms with Gasteiger partial charge in [-0.25, -0.2) is 4.79 Å². The van der Waals surface area contributed by atoms with Crippen LogP contribution in [0.15, 0.2) is 47.7 Å². The van der Waals surface area contributed by atoms with Crippen LogP contribution in [-0.2, 0) is 25.6 Å². The molecule has 1 aliphatic rings. The standard InChI is InChI=1S/C23H32O5/c1-4-6-7-8-21-13-19(15-23(24)27-5-2)14-22(28-21)17-26-16-18-9-11-20(25-3)12-10-18/h9-13,15,22H,4-8,14,16-17H2,1-3H3/b19-15-. The Morgan fingerprint density at radius 2 is 2.00 bits per heavy atom. The van der Waals surface area contributed by atoms with E-state index in [2.05, 4.69) is 6.92 Å². The van der Waals surface area contributed by atoms with E-state index >= 15 is 0 Å². The largest absolute Gasteiger partial charge is 0.497 e. The number of esters is 1. The minimum Gasteiger partial charge on any atom is -0.497 e. The van der Waals surface area contributed by atoms with Crippen LogP contribution >= 0.6 is 0 Å². The van der Waals surface area contributed by atoms with Gasteiger partial charge in [0, 0.05) is 18.9 Å². The molecule has 1 heterocycles. The molecule has 0 spiro atoms. The lowest BCUT2D eigenvalue weighted by molar-refractivity contribution is -0.137. The van der Waals surface area contributed by atoms with Gasteiger partial charge in [-0.3, -0.25) is 0 Å². The molecule has 2 rings (SSSR count). The van der Waals surface area contributed by atoms with Gasteiger partial charge in [0.25, 0.3) is 0 Å². The zero-order chi connectivity index (χ0) is 20.2. The molecule has 0 radical (unpaired) electrons. The smallest absolute Gasteiger partial charge is 0.331 e. The van der Waals surface area contributed by atoms with Gasteiger partial charge in [0.05, 0.1) is 32.7 Å². The number of benzene rings is 1. The highest BCUT2D eigenvalue weighted by Gasteiger charge is 2.20. The number of hydrogen-bond donors (Lipinski definition) is 0. The maximum absolute atomic E-state index is 11.8. The Bertz CT molecular complexity index is 660. The summed E-state index contributed by atoms with van der Waals surface area (Å²) in [6, 6.07) is 7.82. The van der Waals surface area contributed by atoms with Gasteiger partial charge in [-0.15, -0.1) is 0 Å². The SMILES string of the molecule is CCCCCC1=C/C(=C/C(=O)OCC)CC(COCc2ccc(OC)cc2)O1. The summed E-state index contributed by atoms with van der Waals surface area (Å²) in [6.07, 6.45) is 8.37. The highest BCUT2D eigenvalue weighted by molar-refractivity contribution is 5.83. The Morgan fingerprint density at radius 1 is 1.21 bits per heavy atom. The molecule has 1 aromatic carbocycles. The van der Waals surface area contributed by atoms with Crippen LogP contribution < -0.4 is 4.74 Å². The van der Waals surface area contributed by atoms with Crippen molar-refractivity contribution in [3.63, 3.8) is 0 Å². The molecule has 154 valence electrons. The van der Waals surface area contributed by atoms with Crippen molar-refractivity contribution in [3.8, 4) is 5.75 Å². The fourth-order valence-corrected chi connectivity index (χ4v) is 3.06. The average Bonchev–Trinajstić information content (AvgIpc) is 2.69. The van der Waals surface area contributed by atoms with E-state index in [0.717, 1.165) is 48.3 Å². The topological polar surface area (TPSA) is 54.0 Å². The Kier molecular flexibility index (Phi) is 9.63. The lowest BCUT2D eigenvalue weighted by Gasteiger charge is -2.26. The fraction of sp³-hybridized carbons (Fsp3) is 0.522. The highest BCUT2D eigenvalue weighted by atomic mass is 16.5. The second-order valence-corrected chi connectivity index (χ2v) is 6.85. The van der Waals surface area contributed by atoms with Crippen LogP contribution in [0.1, 0.15) is 51.5 Å². The number of methoxy groups -OCH3 is 1. The Balaban J connectivity index is 1.92. The molecule has 0 aromatic heterocycles. The molecule has 5 nitrogen and oxygen atoms in total. The molecule has 1 aromatic rings. The van der Waals surface area contributed by atoms with Crippen LogP contribution in [0.5, 0.6) is 5.75 Å². The summed E-state index contributed by atoms with van der Waals surface area (Å²) in [5.74, 6) is 1.45. The highest BCUT2D eigenvalue weighted by Crippen LogP contribution is 2.26. The number of ether oxygens (including phenoxy) is 4. The van der Waals surface area contributed by atoms with Gasteiger partial charge in [0.1, 0.15) is 11.9 Å². The van der Waals surface area contributed by atoms with Crippen LogP contribution in [0.2, 0.25) is 0 Å². The predicted molar refractivity (Wildman–Crippen MR) is 109 cm³/mol. The minimum absolute atomic E-state index is 0.0967. The van der Waals surface area contributed by atoms with Crippen molar-refractivity contribution >= 4 is 5.97 Å². The van der Waals surface area contributed by atoms with E-state index < -0.39 is 0 Å². The van der Waals surface area contributed by atoms with E-state index in [1.807, 2.05) is 37.3 Å². The molecule has 1 aliphatic heterocycles. The predicted octanol–water partition coefficient (Wildman–Crippen LogP) is 4.95. The minimum atomic E-state index is -0.304. The van der Waals surface area contributed by atoms with Crippen LogP contribution in [0.4, 0.5) is 0 Å². The van der Waals surface area contributed by atoms with Gasteiger partial charge < -0.3 is 18.9 Å². The van der Waals surface area contributed by atoms with E-state index in [0.29, 0.717) is 26.2 Å². The van der Waals surface area contributed by atoms with Crippen molar-refractivity contribution in [2.75, 3.05) is 20.3 Å². The van der Waals surface area contributed by atoms with Gasteiger partial charge in [-0.1, -0.05) is 31.9 Å². The number of allylic oxidation sites excluding steroid dienone is 2. The Hall–Kier alpha value is -2.27. The third-order valence-corrected chi connectivity index (χ3v) is 4.48. The Morgan fingerprint density at radius 3 is 2.68 bits per heavy atom. The normalized spacial score (nSPS) is 17.8. The average molecular weight is 389 g/mol. The van der Waals surface area contributed by atoms with Crippen molar-refractivity contribution in [2.24, 2.45) is 0 Å². The van der Waals surface area contributed by atoms with Gasteiger partial charge >= 0.3 is 5.97 Å². The van der Waals surface area contributed by atoms with Gasteiger partial charge in [0.15, 0.2) is 0 Å². The molecule has 0 N–H and O–H groups in total. The first-order valence-corrected chi connectivity index (χ1v) is 10.1. The Labute approximate surface area is 168 Å². The first-order chi connectivity index (χ1) is 13.6. The van der Waals surface area contributed by atoms with Crippen LogP contribution in [-0.4, -0.2) is 32.4 Å². The molecular formula is C23H32O5. The van der Waals surface area contributed by atoms with Crippen molar-refractivity contribution in [1.82, 2.24) is 0 Å². The molecule has 0 fully saturated rings.